The number of carbonyl (C=O) groups is 1. The van der Waals surface area contributed by atoms with Gasteiger partial charge in [-0.15, -0.1) is 11.8 Å². The van der Waals surface area contributed by atoms with Crippen molar-refractivity contribution in [2.45, 2.75) is 29.7 Å². The van der Waals surface area contributed by atoms with Crippen LogP contribution in [-0.4, -0.2) is 71.2 Å². The highest BCUT2D eigenvalue weighted by Crippen LogP contribution is 2.49. The van der Waals surface area contributed by atoms with E-state index in [0.29, 0.717) is 6.07 Å². The van der Waals surface area contributed by atoms with Crippen LogP contribution in [0.2, 0.25) is 0 Å². The fourth-order valence-corrected chi connectivity index (χ4v) is 9.17. The van der Waals surface area contributed by atoms with Gasteiger partial charge in [-0.25, -0.2) is 22.0 Å². The second-order valence-corrected chi connectivity index (χ2v) is 13.3. The Bertz CT molecular complexity index is 1810. The Hall–Kier alpha value is -3.46. The van der Waals surface area contributed by atoms with E-state index in [-0.39, 0.29) is 52.8 Å². The molecule has 1 amide bonds. The van der Waals surface area contributed by atoms with Crippen LogP contribution in [0.25, 0.3) is 22.0 Å². The fourth-order valence-electron chi connectivity index (χ4n) is 5.99. The smallest absolute Gasteiger partial charge is 0.348 e. The summed E-state index contributed by atoms with van der Waals surface area (Å²) in [6, 6.07) is 1.39. The first-order valence-electron chi connectivity index (χ1n) is 12.5. The Morgan fingerprint density at radius 1 is 1.10 bits per heavy atom. The molecule has 0 spiro atoms. The summed E-state index contributed by atoms with van der Waals surface area (Å²) in [6.45, 7) is 3.61. The molecule has 3 aliphatic heterocycles. The van der Waals surface area contributed by atoms with Gasteiger partial charge in [-0.05, 0) is 24.3 Å². The summed E-state index contributed by atoms with van der Waals surface area (Å²) in [6.07, 6.45) is -3.92. The Labute approximate surface area is 234 Å². The zero-order valence-electron chi connectivity index (χ0n) is 21.1. The lowest BCUT2D eigenvalue weighted by atomic mass is 9.95. The number of hydrogen-bond acceptors (Lipinski definition) is 7. The van der Waals surface area contributed by atoms with E-state index < -0.39 is 73.8 Å². The molecule has 2 aromatic carbocycles. The van der Waals surface area contributed by atoms with E-state index in [1.54, 1.807) is 0 Å². The van der Waals surface area contributed by atoms with E-state index in [4.69, 9.17) is 0 Å². The van der Waals surface area contributed by atoms with Gasteiger partial charge < -0.3 is 9.80 Å². The Morgan fingerprint density at radius 3 is 2.51 bits per heavy atom. The number of aromatic nitrogens is 2. The minimum atomic E-state index is -4.98. The minimum Gasteiger partial charge on any atom is -0.348 e. The van der Waals surface area contributed by atoms with Crippen LogP contribution >= 0.6 is 11.8 Å². The van der Waals surface area contributed by atoms with Crippen molar-refractivity contribution in [3.05, 3.63) is 64.6 Å². The molecule has 216 valence electrons. The Morgan fingerprint density at radius 2 is 1.83 bits per heavy atom. The number of benzene rings is 2. The zero-order valence-corrected chi connectivity index (χ0v) is 22.8. The first kappa shape index (κ1) is 27.7. The molecule has 3 aliphatic rings. The van der Waals surface area contributed by atoms with E-state index >= 15 is 0 Å². The normalized spacial score (nSPS) is 21.7. The fraction of sp³-hybridized carbons (Fsp3) is 0.346. The molecule has 2 fully saturated rings. The highest BCUT2D eigenvalue weighted by Gasteiger charge is 2.49. The zero-order chi connectivity index (χ0) is 29.4. The number of amides is 1. The number of hydrogen-bond donors (Lipinski definition) is 0. The second kappa shape index (κ2) is 9.54. The summed E-state index contributed by atoms with van der Waals surface area (Å²) < 4.78 is 99.0. The third kappa shape index (κ3) is 4.49. The van der Waals surface area contributed by atoms with Crippen LogP contribution in [0.5, 0.6) is 0 Å². The van der Waals surface area contributed by atoms with Gasteiger partial charge in [0.05, 0.1) is 34.7 Å². The molecule has 6 rings (SSSR count). The third-order valence-corrected chi connectivity index (χ3v) is 10.4. The molecule has 3 aromatic rings. The summed E-state index contributed by atoms with van der Waals surface area (Å²) in [5.41, 5.74) is -2.85. The van der Waals surface area contributed by atoms with Crippen molar-refractivity contribution in [1.82, 2.24) is 14.5 Å². The molecule has 4 heterocycles. The number of piperazine rings is 1. The average molecular weight is 613 g/mol. The van der Waals surface area contributed by atoms with Crippen molar-refractivity contribution in [2.24, 2.45) is 0 Å². The van der Waals surface area contributed by atoms with E-state index in [9.17, 15) is 40.0 Å². The summed E-state index contributed by atoms with van der Waals surface area (Å²) in [5, 5.41) is -0.0584. The Kier molecular flexibility index (Phi) is 6.45. The lowest BCUT2D eigenvalue weighted by Gasteiger charge is -2.44. The molecule has 0 bridgehead atoms. The van der Waals surface area contributed by atoms with E-state index in [0.717, 1.165) is 36.0 Å². The van der Waals surface area contributed by atoms with Gasteiger partial charge in [0.1, 0.15) is 17.5 Å². The SMILES string of the molecule is C=CC(=O)N1CCN(c2nc(=O)n3c4c(c(-c5ccc(F)cc5F)c(C(F)(F)F)cc24)SCC3)[C@H]2CS(=O)(=O)C[C@H]21. The van der Waals surface area contributed by atoms with Crippen LogP contribution in [0.1, 0.15) is 5.56 Å². The topological polar surface area (TPSA) is 92.6 Å². The number of fused-ring (bicyclic) bond motifs is 1. The molecule has 2 saturated heterocycles. The second-order valence-electron chi connectivity index (χ2n) is 10.0. The van der Waals surface area contributed by atoms with Gasteiger partial charge in [0.25, 0.3) is 0 Å². The summed E-state index contributed by atoms with van der Waals surface area (Å²) in [4.78, 5) is 32.7. The number of aryl methyl sites for hydroxylation is 1. The maximum absolute atomic E-state index is 14.9. The van der Waals surface area contributed by atoms with Crippen LogP contribution < -0.4 is 10.6 Å². The first-order chi connectivity index (χ1) is 19.3. The van der Waals surface area contributed by atoms with Gasteiger partial charge in [0, 0.05) is 52.9 Å². The standard InChI is InChI=1S/C26H21F5N4O4S2/c1-2-20(36)33-5-6-34(19-12-41(38,39)11-18(19)33)24-15-10-16(26(29,30)31)21(14-4-3-13(27)9-17(14)28)23-22(15)35(7-8-40-23)25(37)32-24/h2-4,9-10,18-19H,1,5-8,11-12H2/t18-,19+/m1/s1. The largest absolute Gasteiger partial charge is 0.417 e. The van der Waals surface area contributed by atoms with E-state index in [1.807, 2.05) is 0 Å². The molecule has 0 aliphatic carbocycles. The molecule has 0 saturated carbocycles. The van der Waals surface area contributed by atoms with Crippen molar-refractivity contribution in [2.75, 3.05) is 35.2 Å². The van der Waals surface area contributed by atoms with Crippen molar-refractivity contribution in [3.63, 3.8) is 0 Å². The monoisotopic (exact) mass is 612 g/mol. The van der Waals surface area contributed by atoms with E-state index in [1.165, 1.54) is 14.4 Å². The van der Waals surface area contributed by atoms with Gasteiger partial charge >= 0.3 is 11.9 Å². The minimum absolute atomic E-state index is 0.0000108. The molecule has 41 heavy (non-hydrogen) atoms. The van der Waals surface area contributed by atoms with E-state index in [2.05, 4.69) is 11.6 Å². The lowest BCUT2D eigenvalue weighted by molar-refractivity contribution is -0.137. The summed E-state index contributed by atoms with van der Waals surface area (Å²) in [7, 11) is -3.64. The van der Waals surface area contributed by atoms with Crippen molar-refractivity contribution in [1.29, 1.82) is 0 Å². The maximum atomic E-state index is 14.9. The quantitative estimate of drug-likeness (QED) is 0.331. The molecule has 15 heteroatoms. The summed E-state index contributed by atoms with van der Waals surface area (Å²) >= 11 is 1.01. The number of thioether (sulfide) groups is 1. The van der Waals surface area contributed by atoms with Crippen LogP contribution in [0.4, 0.5) is 27.8 Å². The van der Waals surface area contributed by atoms with Crippen molar-refractivity contribution in [3.8, 4) is 11.1 Å². The number of sulfone groups is 1. The molecule has 0 N–H and O–H groups in total. The molecule has 0 unspecified atom stereocenters. The van der Waals surface area contributed by atoms with Crippen molar-refractivity contribution >= 4 is 44.2 Å². The van der Waals surface area contributed by atoms with Gasteiger partial charge in [0.2, 0.25) is 5.91 Å². The first-order valence-corrected chi connectivity index (χ1v) is 15.3. The highest BCUT2D eigenvalue weighted by molar-refractivity contribution is 7.99. The highest BCUT2D eigenvalue weighted by atomic mass is 32.2. The number of anilines is 1. The predicted molar refractivity (Wildman–Crippen MR) is 143 cm³/mol. The van der Waals surface area contributed by atoms with Crippen LogP contribution in [-0.2, 0) is 27.4 Å². The molecule has 2 atom stereocenters. The van der Waals surface area contributed by atoms with Crippen LogP contribution in [0.15, 0.2) is 46.6 Å². The van der Waals surface area contributed by atoms with Crippen LogP contribution in [0.3, 0.4) is 0 Å². The third-order valence-electron chi connectivity index (χ3n) is 7.67. The Balaban J connectivity index is 1.64. The van der Waals surface area contributed by atoms with Gasteiger partial charge in [-0.2, -0.15) is 18.2 Å². The van der Waals surface area contributed by atoms with Gasteiger partial charge in [-0.1, -0.05) is 6.58 Å². The molecule has 8 nitrogen and oxygen atoms in total. The van der Waals surface area contributed by atoms with Crippen LogP contribution in [0, 0.1) is 11.6 Å². The molecule has 1 aromatic heterocycles. The summed E-state index contributed by atoms with van der Waals surface area (Å²) in [5.74, 6) is -3.32. The van der Waals surface area contributed by atoms with Gasteiger partial charge in [-0.3, -0.25) is 9.36 Å². The number of halogens is 5. The number of carbonyl (C=O) groups excluding carboxylic acids is 1. The maximum Gasteiger partial charge on any atom is 0.417 e. The van der Waals surface area contributed by atoms with Gasteiger partial charge in [0.15, 0.2) is 9.84 Å². The average Bonchev–Trinajstić information content (AvgIpc) is 3.24. The lowest BCUT2D eigenvalue weighted by Crippen LogP contribution is -2.61. The number of rotatable bonds is 3. The number of nitrogens with zero attached hydrogens (tertiary/aromatic N) is 4. The molecular weight excluding hydrogens is 591 g/mol. The number of alkyl halides is 3. The van der Waals surface area contributed by atoms with Crippen molar-refractivity contribution < 1.29 is 35.2 Å². The molecule has 0 radical (unpaired) electrons. The molecular formula is C26H21F5N4O4S2. The predicted octanol–water partition coefficient (Wildman–Crippen LogP) is 3.47.